The predicted molar refractivity (Wildman–Crippen MR) is 32.8 cm³/mol. The van der Waals surface area contributed by atoms with Crippen LogP contribution in [0, 0.1) is 0 Å². The summed E-state index contributed by atoms with van der Waals surface area (Å²) in [7, 11) is 0. The van der Waals surface area contributed by atoms with Crippen molar-refractivity contribution in [1.82, 2.24) is 0 Å². The number of amides is 2. The van der Waals surface area contributed by atoms with E-state index in [0.29, 0.717) is 0 Å². The number of carbonyl (C=O) groups excluding carboxylic acids is 2. The molecule has 0 aromatic carbocycles. The zero-order valence-electron chi connectivity index (χ0n) is 4.23. The van der Waals surface area contributed by atoms with E-state index in [4.69, 9.17) is 23.2 Å². The summed E-state index contributed by atoms with van der Waals surface area (Å²) in [4.78, 5) is 20.2. The minimum absolute atomic E-state index is 1.17. The fraction of sp³-hybridized carbons (Fsp3) is 0.333. The summed E-state index contributed by atoms with van der Waals surface area (Å²) in [6.45, 7) is 0. The molecule has 0 fully saturated rings. The number of rotatable bonds is 2. The minimum Gasteiger partial charge on any atom is -0.367 e. The number of hydrogen-bond acceptors (Lipinski definition) is 2. The molecule has 0 spiro atoms. The first-order chi connectivity index (χ1) is 3.89. The molecular weight excluding hydrogens is 167 g/mol. The second-order valence-electron chi connectivity index (χ2n) is 1.30. The first-order valence-corrected chi connectivity index (χ1v) is 2.62. The maximum Gasteiger partial charge on any atom is 0.273 e. The number of primary amides is 2. The summed E-state index contributed by atoms with van der Waals surface area (Å²) in [5, 5.41) is 0. The normalized spacial score (nSPS) is 10.9. The topological polar surface area (TPSA) is 86.2 Å². The number of hydrogen-bond donors (Lipinski definition) is 2. The molecule has 9 heavy (non-hydrogen) atoms. The Morgan fingerprint density at radius 2 is 1.33 bits per heavy atom. The van der Waals surface area contributed by atoms with Crippen LogP contribution in [-0.4, -0.2) is 16.1 Å². The SMILES string of the molecule is NC(=O)C(Cl)(Cl)C(N)=O. The molecule has 0 radical (unpaired) electrons. The van der Waals surface area contributed by atoms with E-state index in [1.54, 1.807) is 0 Å². The van der Waals surface area contributed by atoms with Crippen LogP contribution in [0.2, 0.25) is 0 Å². The van der Waals surface area contributed by atoms with Gasteiger partial charge in [-0.05, 0) is 0 Å². The van der Waals surface area contributed by atoms with Crippen LogP contribution in [0.4, 0.5) is 0 Å². The Morgan fingerprint density at radius 1 is 1.11 bits per heavy atom. The molecule has 0 bridgehead atoms. The Bertz CT molecular complexity index is 140. The molecule has 0 heterocycles. The summed E-state index contributed by atoms with van der Waals surface area (Å²) in [5.41, 5.74) is 9.14. The zero-order valence-corrected chi connectivity index (χ0v) is 5.74. The molecule has 0 aliphatic heterocycles. The highest BCUT2D eigenvalue weighted by Crippen LogP contribution is 2.18. The lowest BCUT2D eigenvalue weighted by atomic mass is 10.4. The van der Waals surface area contributed by atoms with Gasteiger partial charge in [0.25, 0.3) is 16.1 Å². The Kier molecular flexibility index (Phi) is 2.28. The van der Waals surface area contributed by atoms with Crippen molar-refractivity contribution in [3.05, 3.63) is 0 Å². The Labute approximate surface area is 61.1 Å². The van der Waals surface area contributed by atoms with Gasteiger partial charge in [-0.15, -0.1) is 0 Å². The fourth-order valence-corrected chi connectivity index (χ4v) is 0.121. The summed E-state index contributed by atoms with van der Waals surface area (Å²) in [6, 6.07) is 0. The van der Waals surface area contributed by atoms with Gasteiger partial charge in [-0.1, -0.05) is 23.2 Å². The van der Waals surface area contributed by atoms with Gasteiger partial charge in [0, 0.05) is 0 Å². The van der Waals surface area contributed by atoms with Crippen molar-refractivity contribution in [1.29, 1.82) is 0 Å². The van der Waals surface area contributed by atoms with Gasteiger partial charge in [-0.2, -0.15) is 0 Å². The van der Waals surface area contributed by atoms with E-state index < -0.39 is 16.1 Å². The van der Waals surface area contributed by atoms with Crippen LogP contribution >= 0.6 is 23.2 Å². The second kappa shape index (κ2) is 2.41. The highest BCUT2D eigenvalue weighted by Gasteiger charge is 2.38. The average Bonchev–Trinajstić information content (AvgIpc) is 1.65. The third-order valence-electron chi connectivity index (χ3n) is 0.619. The summed E-state index contributed by atoms with van der Waals surface area (Å²) < 4.78 is -2.28. The van der Waals surface area contributed by atoms with Crippen molar-refractivity contribution in [2.45, 2.75) is 4.33 Å². The van der Waals surface area contributed by atoms with Gasteiger partial charge in [0.15, 0.2) is 0 Å². The number of halogens is 2. The van der Waals surface area contributed by atoms with Crippen molar-refractivity contribution in [2.75, 3.05) is 0 Å². The molecule has 0 aromatic rings. The van der Waals surface area contributed by atoms with Crippen LogP contribution in [0.15, 0.2) is 0 Å². The van der Waals surface area contributed by atoms with E-state index >= 15 is 0 Å². The van der Waals surface area contributed by atoms with Gasteiger partial charge >= 0.3 is 0 Å². The van der Waals surface area contributed by atoms with Crippen LogP contribution in [0.25, 0.3) is 0 Å². The molecule has 0 unspecified atom stereocenters. The first kappa shape index (κ1) is 8.52. The van der Waals surface area contributed by atoms with Crippen molar-refractivity contribution in [3.63, 3.8) is 0 Å². The third-order valence-corrected chi connectivity index (χ3v) is 1.36. The molecule has 2 amide bonds. The van der Waals surface area contributed by atoms with Crippen molar-refractivity contribution in [3.8, 4) is 0 Å². The van der Waals surface area contributed by atoms with Gasteiger partial charge in [0.2, 0.25) is 0 Å². The van der Waals surface area contributed by atoms with E-state index in [1.807, 2.05) is 0 Å². The number of nitrogens with two attached hydrogens (primary N) is 2. The number of carbonyl (C=O) groups is 2. The van der Waals surface area contributed by atoms with E-state index in [2.05, 4.69) is 11.5 Å². The molecule has 0 aromatic heterocycles. The molecule has 4 N–H and O–H groups in total. The van der Waals surface area contributed by atoms with Crippen LogP contribution in [0.3, 0.4) is 0 Å². The smallest absolute Gasteiger partial charge is 0.273 e. The highest BCUT2D eigenvalue weighted by molar-refractivity contribution is 6.67. The molecule has 0 saturated heterocycles. The molecular formula is C3H4Cl2N2O2. The Morgan fingerprint density at radius 3 is 1.33 bits per heavy atom. The highest BCUT2D eigenvalue weighted by atomic mass is 35.5. The molecule has 4 nitrogen and oxygen atoms in total. The van der Waals surface area contributed by atoms with E-state index in [-0.39, 0.29) is 0 Å². The maximum absolute atomic E-state index is 10.1. The standard InChI is InChI=1S/C3H4Cl2N2O2/c4-3(5,1(6)8)2(7)9/h(H2,6,8)(H2,7,9). The maximum atomic E-state index is 10.1. The van der Waals surface area contributed by atoms with Gasteiger partial charge in [0.05, 0.1) is 0 Å². The van der Waals surface area contributed by atoms with Crippen molar-refractivity contribution in [2.24, 2.45) is 11.5 Å². The lowest BCUT2D eigenvalue weighted by molar-refractivity contribution is -0.126. The van der Waals surface area contributed by atoms with Gasteiger partial charge < -0.3 is 11.5 Å². The van der Waals surface area contributed by atoms with Crippen LogP contribution in [0.5, 0.6) is 0 Å². The van der Waals surface area contributed by atoms with Gasteiger partial charge in [-0.3, -0.25) is 9.59 Å². The summed E-state index contributed by atoms with van der Waals surface area (Å²) in [5.74, 6) is -2.34. The molecule has 0 saturated carbocycles. The molecule has 6 heteroatoms. The number of alkyl halides is 2. The second-order valence-corrected chi connectivity index (χ2v) is 2.63. The van der Waals surface area contributed by atoms with Crippen LogP contribution in [0.1, 0.15) is 0 Å². The molecule has 0 aliphatic carbocycles. The van der Waals surface area contributed by atoms with E-state index in [0.717, 1.165) is 0 Å². The molecule has 0 atom stereocenters. The molecule has 0 rings (SSSR count). The van der Waals surface area contributed by atoms with E-state index in [1.165, 1.54) is 0 Å². The summed E-state index contributed by atoms with van der Waals surface area (Å²) >= 11 is 10.0. The fourth-order valence-electron chi connectivity index (χ4n) is 0.121. The van der Waals surface area contributed by atoms with E-state index in [9.17, 15) is 9.59 Å². The quantitative estimate of drug-likeness (QED) is 0.418. The lowest BCUT2D eigenvalue weighted by Gasteiger charge is -2.08. The van der Waals surface area contributed by atoms with Gasteiger partial charge in [-0.25, -0.2) is 0 Å². The van der Waals surface area contributed by atoms with Gasteiger partial charge in [0.1, 0.15) is 0 Å². The van der Waals surface area contributed by atoms with Crippen LogP contribution in [-0.2, 0) is 9.59 Å². The Balaban J connectivity index is 4.38. The molecule has 0 aliphatic rings. The third kappa shape index (κ3) is 1.73. The lowest BCUT2D eigenvalue weighted by Crippen LogP contribution is -2.44. The molecule has 52 valence electrons. The largest absolute Gasteiger partial charge is 0.367 e. The first-order valence-electron chi connectivity index (χ1n) is 1.86. The minimum atomic E-state index is -2.28. The van der Waals surface area contributed by atoms with Crippen molar-refractivity contribution >= 4 is 35.0 Å². The monoisotopic (exact) mass is 170 g/mol. The Hall–Kier alpha value is -0.480. The predicted octanol–water partition coefficient (Wildman–Crippen LogP) is -0.869. The van der Waals surface area contributed by atoms with Crippen LogP contribution < -0.4 is 11.5 Å². The average molecular weight is 171 g/mol. The zero-order chi connectivity index (χ0) is 7.65. The summed E-state index contributed by atoms with van der Waals surface area (Å²) in [6.07, 6.45) is 0. The van der Waals surface area contributed by atoms with Crippen molar-refractivity contribution < 1.29 is 9.59 Å².